The minimum absolute atomic E-state index is 0.126. The van der Waals surface area contributed by atoms with Crippen LogP contribution in [0.15, 0.2) is 54.4 Å². The zero-order valence-electron chi connectivity index (χ0n) is 20.4. The predicted molar refractivity (Wildman–Crippen MR) is 132 cm³/mol. The van der Waals surface area contributed by atoms with Gasteiger partial charge in [-0.3, -0.25) is 0 Å². The molecule has 7 heteroatoms. The molecule has 0 radical (unpaired) electrons. The van der Waals surface area contributed by atoms with Crippen molar-refractivity contribution in [3.05, 3.63) is 71.1 Å². The Morgan fingerprint density at radius 1 is 1.03 bits per heavy atom. The number of rotatable bonds is 12. The van der Waals surface area contributed by atoms with Gasteiger partial charge in [0.15, 0.2) is 0 Å². The van der Waals surface area contributed by atoms with E-state index in [9.17, 15) is 10.2 Å². The number of ether oxygens (including phenoxy) is 2. The van der Waals surface area contributed by atoms with Gasteiger partial charge in [-0.15, -0.1) is 0 Å². The molecular formula is C26H39N3O4. The zero-order chi connectivity index (χ0) is 24.6. The Balaban J connectivity index is 2.01. The van der Waals surface area contributed by atoms with Crippen LogP contribution in [-0.2, 0) is 5.41 Å². The van der Waals surface area contributed by atoms with Gasteiger partial charge in [-0.1, -0.05) is 45.0 Å². The average molecular weight is 458 g/mol. The van der Waals surface area contributed by atoms with Gasteiger partial charge in [-0.25, -0.2) is 5.84 Å². The van der Waals surface area contributed by atoms with Crippen LogP contribution in [0.25, 0.3) is 0 Å². The fourth-order valence-electron chi connectivity index (χ4n) is 3.44. The average Bonchev–Trinajstić information content (AvgIpc) is 2.76. The number of hydrogen-bond donors (Lipinski definition) is 4. The summed E-state index contributed by atoms with van der Waals surface area (Å²) in [5.74, 6) is 7.23. The van der Waals surface area contributed by atoms with Gasteiger partial charge in [0.25, 0.3) is 0 Å². The molecule has 7 nitrogen and oxygen atoms in total. The third-order valence-corrected chi connectivity index (χ3v) is 5.61. The number of hydrazine groups is 1. The summed E-state index contributed by atoms with van der Waals surface area (Å²) >= 11 is 0. The van der Waals surface area contributed by atoms with Crippen molar-refractivity contribution in [3.63, 3.8) is 0 Å². The highest BCUT2D eigenvalue weighted by molar-refractivity contribution is 5.45. The van der Waals surface area contributed by atoms with E-state index in [1.165, 1.54) is 10.6 Å². The number of aliphatic hydroxyl groups excluding tert-OH is 2. The first-order valence-corrected chi connectivity index (χ1v) is 11.3. The van der Waals surface area contributed by atoms with E-state index in [2.05, 4.69) is 26.0 Å². The fourth-order valence-corrected chi connectivity index (χ4v) is 3.44. The molecule has 0 aliphatic rings. The van der Waals surface area contributed by atoms with E-state index in [4.69, 9.17) is 21.1 Å². The number of nitrogens with two attached hydrogens (primary N) is 2. The molecule has 0 aliphatic heterocycles. The topological polar surface area (TPSA) is 114 Å². The molecule has 0 spiro atoms. The molecule has 0 fully saturated rings. The normalized spacial score (nSPS) is 14.0. The molecule has 2 aromatic rings. The first-order chi connectivity index (χ1) is 15.5. The van der Waals surface area contributed by atoms with Crippen LogP contribution in [0.1, 0.15) is 50.8 Å². The van der Waals surface area contributed by atoms with Crippen LogP contribution < -0.4 is 21.1 Å². The van der Waals surface area contributed by atoms with Crippen molar-refractivity contribution in [2.45, 2.75) is 58.7 Å². The maximum absolute atomic E-state index is 10.1. The van der Waals surface area contributed by atoms with Crippen LogP contribution in [0.5, 0.6) is 11.5 Å². The summed E-state index contributed by atoms with van der Waals surface area (Å²) in [7, 11) is 0. The number of aryl methyl sites for hydroxylation is 1. The maximum Gasteiger partial charge on any atom is 0.122 e. The van der Waals surface area contributed by atoms with Gasteiger partial charge in [-0.05, 0) is 55.2 Å². The first kappa shape index (κ1) is 26.5. The second-order valence-corrected chi connectivity index (χ2v) is 9.04. The predicted octanol–water partition coefficient (Wildman–Crippen LogP) is 3.21. The SMILES string of the molecule is CCC(O)COc1ccc(C(C)(C)c2ccc(OCC(O)CN(N)/C=C(/C)N)cc2)cc1C. The summed E-state index contributed by atoms with van der Waals surface area (Å²) in [5.41, 5.74) is 9.26. The quantitative estimate of drug-likeness (QED) is 0.286. The second-order valence-electron chi connectivity index (χ2n) is 9.04. The molecular weight excluding hydrogens is 418 g/mol. The minimum Gasteiger partial charge on any atom is -0.491 e. The maximum atomic E-state index is 10.1. The smallest absolute Gasteiger partial charge is 0.122 e. The molecule has 0 saturated carbocycles. The van der Waals surface area contributed by atoms with E-state index in [0.29, 0.717) is 24.5 Å². The third-order valence-electron chi connectivity index (χ3n) is 5.61. The molecule has 0 heterocycles. The van der Waals surface area contributed by atoms with Gasteiger partial charge in [0.1, 0.15) is 30.8 Å². The number of allylic oxidation sites excluding steroid dienone is 1. The molecule has 33 heavy (non-hydrogen) atoms. The fraction of sp³-hybridized carbons (Fsp3) is 0.462. The lowest BCUT2D eigenvalue weighted by molar-refractivity contribution is 0.0817. The lowest BCUT2D eigenvalue weighted by Gasteiger charge is -2.27. The zero-order valence-corrected chi connectivity index (χ0v) is 20.4. The van der Waals surface area contributed by atoms with Crippen molar-refractivity contribution in [1.82, 2.24) is 5.01 Å². The standard InChI is InChI=1S/C26H39N3O4/c1-6-22(30)16-33-25-12-9-21(13-18(25)2)26(4,5)20-7-10-24(11-8-20)32-17-23(31)15-29(28)14-19(3)27/h7-14,22-23,30-31H,6,15-17,27-28H2,1-5H3/b19-14-. The van der Waals surface area contributed by atoms with Crippen molar-refractivity contribution in [2.24, 2.45) is 11.6 Å². The van der Waals surface area contributed by atoms with Crippen LogP contribution in [0.4, 0.5) is 0 Å². The van der Waals surface area contributed by atoms with Crippen LogP contribution in [-0.4, -0.2) is 47.2 Å². The van der Waals surface area contributed by atoms with Gasteiger partial charge >= 0.3 is 0 Å². The molecule has 2 aromatic carbocycles. The van der Waals surface area contributed by atoms with Crippen LogP contribution in [0.2, 0.25) is 0 Å². The van der Waals surface area contributed by atoms with Crippen molar-refractivity contribution < 1.29 is 19.7 Å². The highest BCUT2D eigenvalue weighted by Gasteiger charge is 2.24. The van der Waals surface area contributed by atoms with E-state index in [1.807, 2.05) is 44.2 Å². The monoisotopic (exact) mass is 457 g/mol. The van der Waals surface area contributed by atoms with Crippen LogP contribution >= 0.6 is 0 Å². The van der Waals surface area contributed by atoms with E-state index < -0.39 is 12.2 Å². The van der Waals surface area contributed by atoms with Gasteiger partial charge in [0, 0.05) is 17.3 Å². The first-order valence-electron chi connectivity index (χ1n) is 11.3. The molecule has 0 amide bonds. The number of aliphatic hydroxyl groups is 2. The Morgan fingerprint density at radius 3 is 2.21 bits per heavy atom. The van der Waals surface area contributed by atoms with Crippen molar-refractivity contribution in [3.8, 4) is 11.5 Å². The Hall–Kier alpha value is -2.74. The molecule has 0 aromatic heterocycles. The van der Waals surface area contributed by atoms with E-state index >= 15 is 0 Å². The summed E-state index contributed by atoms with van der Waals surface area (Å²) < 4.78 is 11.5. The summed E-state index contributed by atoms with van der Waals surface area (Å²) in [6.45, 7) is 10.7. The minimum atomic E-state index is -0.746. The molecule has 2 rings (SSSR count). The summed E-state index contributed by atoms with van der Waals surface area (Å²) in [5, 5.41) is 21.2. The lowest BCUT2D eigenvalue weighted by atomic mass is 9.77. The Morgan fingerprint density at radius 2 is 1.64 bits per heavy atom. The summed E-state index contributed by atoms with van der Waals surface area (Å²) in [6.07, 6.45) is 1.03. The van der Waals surface area contributed by atoms with Gasteiger partial charge in [-0.2, -0.15) is 0 Å². The third kappa shape index (κ3) is 7.96. The molecule has 0 bridgehead atoms. The summed E-state index contributed by atoms with van der Waals surface area (Å²) in [4.78, 5) is 0. The van der Waals surface area contributed by atoms with E-state index in [-0.39, 0.29) is 18.6 Å². The van der Waals surface area contributed by atoms with Crippen molar-refractivity contribution >= 4 is 0 Å². The molecule has 2 atom stereocenters. The Kier molecular flexibility index (Phi) is 9.58. The highest BCUT2D eigenvalue weighted by atomic mass is 16.5. The lowest BCUT2D eigenvalue weighted by Crippen LogP contribution is -2.37. The molecule has 6 N–H and O–H groups in total. The van der Waals surface area contributed by atoms with Gasteiger partial charge < -0.3 is 30.4 Å². The number of benzene rings is 2. The number of hydrogen-bond acceptors (Lipinski definition) is 7. The van der Waals surface area contributed by atoms with Crippen molar-refractivity contribution in [2.75, 3.05) is 19.8 Å². The summed E-state index contributed by atoms with van der Waals surface area (Å²) in [6, 6.07) is 14.1. The molecule has 2 unspecified atom stereocenters. The van der Waals surface area contributed by atoms with E-state index in [0.717, 1.165) is 16.9 Å². The van der Waals surface area contributed by atoms with Crippen LogP contribution in [0.3, 0.4) is 0 Å². The van der Waals surface area contributed by atoms with Gasteiger partial charge in [0.05, 0.1) is 12.6 Å². The number of nitrogens with zero attached hydrogens (tertiary/aromatic N) is 1. The van der Waals surface area contributed by atoms with Gasteiger partial charge in [0.2, 0.25) is 0 Å². The largest absolute Gasteiger partial charge is 0.491 e. The highest BCUT2D eigenvalue weighted by Crippen LogP contribution is 2.34. The molecule has 182 valence electrons. The second kappa shape index (κ2) is 11.9. The van der Waals surface area contributed by atoms with Crippen molar-refractivity contribution in [1.29, 1.82) is 0 Å². The Labute approximate surface area is 197 Å². The molecule has 0 aliphatic carbocycles. The van der Waals surface area contributed by atoms with E-state index in [1.54, 1.807) is 13.1 Å². The molecule has 0 saturated heterocycles. The Bertz CT molecular complexity index is 908. The van der Waals surface area contributed by atoms with Crippen LogP contribution in [0, 0.1) is 6.92 Å².